The molecule has 0 spiro atoms. The number of anilines is 1. The molecule has 2 aromatic carbocycles. The molecule has 0 fully saturated rings. The number of amides is 2. The van der Waals surface area contributed by atoms with Gasteiger partial charge in [0.15, 0.2) is 0 Å². The number of aryl methyl sites for hydroxylation is 2. The summed E-state index contributed by atoms with van der Waals surface area (Å²) in [7, 11) is -3.81. The van der Waals surface area contributed by atoms with Crippen molar-refractivity contribution in [1.29, 1.82) is 0 Å². The predicted molar refractivity (Wildman–Crippen MR) is 137 cm³/mol. The highest BCUT2D eigenvalue weighted by molar-refractivity contribution is 7.92. The van der Waals surface area contributed by atoms with Gasteiger partial charge in [-0.05, 0) is 70.4 Å². The Morgan fingerprint density at radius 3 is 2.24 bits per heavy atom. The summed E-state index contributed by atoms with van der Waals surface area (Å²) in [6, 6.07) is 11.6. The molecule has 2 amide bonds. The fraction of sp³-hybridized carbons (Fsp3) is 0.440. The summed E-state index contributed by atoms with van der Waals surface area (Å²) >= 11 is 6.12. The van der Waals surface area contributed by atoms with Crippen LogP contribution in [0.4, 0.5) is 5.69 Å². The molecule has 0 saturated carbocycles. The van der Waals surface area contributed by atoms with E-state index in [1.54, 1.807) is 26.0 Å². The van der Waals surface area contributed by atoms with Crippen molar-refractivity contribution in [1.82, 2.24) is 10.2 Å². The SMILES string of the molecule is Cc1ccccc1CN(C(=O)CN(c1cc(Cl)ccc1C)S(C)(=O)=O)[C@@H](C)C(=O)NC(C)(C)C. The van der Waals surface area contributed by atoms with E-state index in [1.165, 1.54) is 11.0 Å². The Morgan fingerprint density at radius 2 is 1.68 bits per heavy atom. The highest BCUT2D eigenvalue weighted by atomic mass is 35.5. The van der Waals surface area contributed by atoms with E-state index in [0.717, 1.165) is 21.7 Å². The molecule has 7 nitrogen and oxygen atoms in total. The Balaban J connectivity index is 2.47. The summed E-state index contributed by atoms with van der Waals surface area (Å²) in [4.78, 5) is 28.0. The number of hydrogen-bond acceptors (Lipinski definition) is 4. The number of nitrogens with one attached hydrogen (secondary N) is 1. The third-order valence-electron chi connectivity index (χ3n) is 5.39. The van der Waals surface area contributed by atoms with Gasteiger partial charge in [0, 0.05) is 17.1 Å². The van der Waals surface area contributed by atoms with E-state index in [4.69, 9.17) is 11.6 Å². The van der Waals surface area contributed by atoms with Gasteiger partial charge in [-0.15, -0.1) is 0 Å². The summed E-state index contributed by atoms with van der Waals surface area (Å²) in [6.07, 6.45) is 1.04. The summed E-state index contributed by atoms with van der Waals surface area (Å²) in [5.74, 6) is -0.816. The number of carbonyl (C=O) groups excluding carboxylic acids is 2. The molecule has 0 bridgehead atoms. The molecule has 0 aliphatic rings. The van der Waals surface area contributed by atoms with Crippen molar-refractivity contribution in [2.75, 3.05) is 17.1 Å². The largest absolute Gasteiger partial charge is 0.350 e. The van der Waals surface area contributed by atoms with Crippen LogP contribution < -0.4 is 9.62 Å². The number of carbonyl (C=O) groups is 2. The maximum Gasteiger partial charge on any atom is 0.244 e. The molecule has 0 aliphatic heterocycles. The Hall–Kier alpha value is -2.58. The van der Waals surface area contributed by atoms with Crippen LogP contribution in [0, 0.1) is 13.8 Å². The number of rotatable bonds is 8. The van der Waals surface area contributed by atoms with Gasteiger partial charge in [-0.1, -0.05) is 41.9 Å². The Bertz CT molecular complexity index is 1160. The second-order valence-electron chi connectivity index (χ2n) is 9.56. The molecule has 1 N–H and O–H groups in total. The Labute approximate surface area is 208 Å². The minimum atomic E-state index is -3.81. The molecule has 2 rings (SSSR count). The van der Waals surface area contributed by atoms with Gasteiger partial charge in [-0.2, -0.15) is 0 Å². The van der Waals surface area contributed by atoms with Crippen LogP contribution >= 0.6 is 11.6 Å². The van der Waals surface area contributed by atoms with Crippen molar-refractivity contribution in [3.63, 3.8) is 0 Å². The molecule has 0 unspecified atom stereocenters. The van der Waals surface area contributed by atoms with Crippen molar-refractivity contribution in [3.8, 4) is 0 Å². The second-order valence-corrected chi connectivity index (χ2v) is 11.9. The van der Waals surface area contributed by atoms with E-state index in [0.29, 0.717) is 16.3 Å². The van der Waals surface area contributed by atoms with Gasteiger partial charge in [0.1, 0.15) is 12.6 Å². The average molecular weight is 508 g/mol. The lowest BCUT2D eigenvalue weighted by atomic mass is 10.1. The number of benzene rings is 2. The zero-order valence-corrected chi connectivity index (χ0v) is 22.4. The van der Waals surface area contributed by atoms with Crippen LogP contribution in [0.2, 0.25) is 5.02 Å². The van der Waals surface area contributed by atoms with Crippen molar-refractivity contribution in [2.45, 2.75) is 59.7 Å². The standard InChI is InChI=1S/C25H34ClN3O4S/c1-17-10-8-9-11-20(17)15-28(19(3)24(31)27-25(4,5)6)23(30)16-29(34(7,32)33)22-14-21(26)13-12-18(22)2/h8-14,19H,15-16H2,1-7H3,(H,27,31)/t19-/m0/s1. The minimum Gasteiger partial charge on any atom is -0.350 e. The highest BCUT2D eigenvalue weighted by Crippen LogP contribution is 2.27. The molecular formula is C25H34ClN3O4S. The molecule has 9 heteroatoms. The summed E-state index contributed by atoms with van der Waals surface area (Å²) in [6.45, 7) is 10.6. The van der Waals surface area contributed by atoms with Gasteiger partial charge in [0.2, 0.25) is 21.8 Å². The molecule has 0 heterocycles. The lowest BCUT2D eigenvalue weighted by Gasteiger charge is -2.33. The predicted octanol–water partition coefficient (Wildman–Crippen LogP) is 4.05. The molecule has 186 valence electrons. The van der Waals surface area contributed by atoms with Crippen molar-refractivity contribution in [2.24, 2.45) is 0 Å². The van der Waals surface area contributed by atoms with Crippen molar-refractivity contribution >= 4 is 39.1 Å². The van der Waals surface area contributed by atoms with Crippen molar-refractivity contribution < 1.29 is 18.0 Å². The smallest absolute Gasteiger partial charge is 0.244 e. The van der Waals surface area contributed by atoms with Crippen LogP contribution in [0.25, 0.3) is 0 Å². The number of sulfonamides is 1. The van der Waals surface area contributed by atoms with Crippen LogP contribution in [0.5, 0.6) is 0 Å². The molecular weight excluding hydrogens is 474 g/mol. The lowest BCUT2D eigenvalue weighted by Crippen LogP contribution is -2.54. The van der Waals surface area contributed by atoms with Crippen LogP contribution in [0.3, 0.4) is 0 Å². The lowest BCUT2D eigenvalue weighted by molar-refractivity contribution is -0.140. The summed E-state index contributed by atoms with van der Waals surface area (Å²) in [5.41, 5.74) is 2.34. The van der Waals surface area contributed by atoms with E-state index < -0.39 is 34.1 Å². The van der Waals surface area contributed by atoms with Gasteiger partial charge in [0.05, 0.1) is 11.9 Å². The van der Waals surface area contributed by atoms with Crippen LogP contribution in [-0.2, 0) is 26.2 Å². The summed E-state index contributed by atoms with van der Waals surface area (Å²) in [5, 5.41) is 3.26. The topological polar surface area (TPSA) is 86.8 Å². The molecule has 0 aromatic heterocycles. The fourth-order valence-electron chi connectivity index (χ4n) is 3.47. The van der Waals surface area contributed by atoms with Gasteiger partial charge < -0.3 is 10.2 Å². The molecule has 1 atom stereocenters. The number of halogens is 1. The van der Waals surface area contributed by atoms with E-state index in [2.05, 4.69) is 5.32 Å². The van der Waals surface area contributed by atoms with Gasteiger partial charge in [-0.3, -0.25) is 13.9 Å². The third kappa shape index (κ3) is 7.46. The zero-order chi connectivity index (χ0) is 25.8. The van der Waals surface area contributed by atoms with E-state index >= 15 is 0 Å². The number of nitrogens with zero attached hydrogens (tertiary/aromatic N) is 2. The highest BCUT2D eigenvalue weighted by Gasteiger charge is 2.32. The average Bonchev–Trinajstić information content (AvgIpc) is 2.70. The van der Waals surface area contributed by atoms with Gasteiger partial charge >= 0.3 is 0 Å². The quantitative estimate of drug-likeness (QED) is 0.583. The first-order chi connectivity index (χ1) is 15.6. The van der Waals surface area contributed by atoms with E-state index in [1.807, 2.05) is 52.0 Å². The van der Waals surface area contributed by atoms with E-state index in [9.17, 15) is 18.0 Å². The zero-order valence-electron chi connectivity index (χ0n) is 20.8. The summed E-state index contributed by atoms with van der Waals surface area (Å²) < 4.78 is 26.4. The molecule has 2 aromatic rings. The first-order valence-corrected chi connectivity index (χ1v) is 13.2. The molecule has 0 saturated heterocycles. The maximum absolute atomic E-state index is 13.6. The van der Waals surface area contributed by atoms with Crippen LogP contribution in [-0.4, -0.2) is 49.5 Å². The van der Waals surface area contributed by atoms with Crippen LogP contribution in [0.15, 0.2) is 42.5 Å². The molecule has 0 aliphatic carbocycles. The van der Waals surface area contributed by atoms with Crippen molar-refractivity contribution in [3.05, 3.63) is 64.2 Å². The first kappa shape index (κ1) is 27.7. The maximum atomic E-state index is 13.6. The van der Waals surface area contributed by atoms with E-state index in [-0.39, 0.29) is 12.5 Å². The Morgan fingerprint density at radius 1 is 1.06 bits per heavy atom. The molecule has 0 radical (unpaired) electrons. The first-order valence-electron chi connectivity index (χ1n) is 11.0. The Kier molecular flexibility index (Phi) is 8.77. The monoisotopic (exact) mass is 507 g/mol. The second kappa shape index (κ2) is 10.8. The van der Waals surface area contributed by atoms with Gasteiger partial charge in [0.25, 0.3) is 0 Å². The minimum absolute atomic E-state index is 0.163. The van der Waals surface area contributed by atoms with Gasteiger partial charge in [-0.25, -0.2) is 8.42 Å². The fourth-order valence-corrected chi connectivity index (χ4v) is 4.54. The van der Waals surface area contributed by atoms with Crippen LogP contribution in [0.1, 0.15) is 44.4 Å². The number of hydrogen-bond donors (Lipinski definition) is 1. The third-order valence-corrected chi connectivity index (χ3v) is 6.75. The normalized spacial score (nSPS) is 12.7. The molecule has 34 heavy (non-hydrogen) atoms.